The monoisotopic (exact) mass is 890 g/mol. The predicted octanol–water partition coefficient (Wildman–Crippen LogP) is 18.2. The minimum absolute atomic E-state index is 0.650. The largest absolute Gasteiger partial charge is 0.456 e. The van der Waals surface area contributed by atoms with E-state index in [2.05, 4.69) is 265 Å². The Balaban J connectivity index is 1.01. The summed E-state index contributed by atoms with van der Waals surface area (Å²) in [4.78, 5) is 4.87. The van der Waals surface area contributed by atoms with Crippen molar-refractivity contribution in [3.8, 4) is 55.6 Å². The number of hydrogen-bond donors (Lipinski definition) is 0. The smallest absolute Gasteiger partial charge is 0.136 e. The highest BCUT2D eigenvalue weighted by Crippen LogP contribution is 2.64. The molecule has 3 aliphatic rings. The van der Waals surface area contributed by atoms with Gasteiger partial charge in [-0.1, -0.05) is 182 Å². The zero-order valence-corrected chi connectivity index (χ0v) is 38.1. The first-order valence-corrected chi connectivity index (χ1v) is 24.2. The molecular formula is C67H42N2O. The van der Waals surface area contributed by atoms with Gasteiger partial charge in [0.2, 0.25) is 0 Å². The molecule has 2 heterocycles. The normalized spacial score (nSPS) is 14.6. The summed E-state index contributed by atoms with van der Waals surface area (Å²) in [6, 6.07) is 93.9. The van der Waals surface area contributed by atoms with E-state index in [-0.39, 0.29) is 0 Å². The number of benzene rings is 11. The molecule has 1 aliphatic heterocycles. The fourth-order valence-corrected chi connectivity index (χ4v) is 12.5. The molecule has 11 aromatic carbocycles. The average Bonchev–Trinajstić information content (AvgIpc) is 3.88. The fourth-order valence-electron chi connectivity index (χ4n) is 12.5. The van der Waals surface area contributed by atoms with Crippen LogP contribution in [0.15, 0.2) is 259 Å². The van der Waals surface area contributed by atoms with Crippen LogP contribution in [0.5, 0.6) is 0 Å². The summed E-state index contributed by atoms with van der Waals surface area (Å²) in [5, 5.41) is 2.31. The van der Waals surface area contributed by atoms with E-state index >= 15 is 0 Å². The molecule has 15 rings (SSSR count). The molecule has 1 aromatic heterocycles. The number of rotatable bonds is 4. The number of furan rings is 1. The zero-order valence-electron chi connectivity index (χ0n) is 38.1. The van der Waals surface area contributed by atoms with Gasteiger partial charge in [-0.3, -0.25) is 0 Å². The highest BCUT2D eigenvalue weighted by Gasteiger charge is 2.50. The van der Waals surface area contributed by atoms with Gasteiger partial charge in [0, 0.05) is 44.6 Å². The Labute approximate surface area is 406 Å². The van der Waals surface area contributed by atoms with Crippen LogP contribution in [-0.4, -0.2) is 0 Å². The molecule has 0 amide bonds. The quantitative estimate of drug-likeness (QED) is 0.176. The standard InChI is InChI=1S/C67H42N2O/c1-3-19-43(20-4-1)68(46-36-39-62-56(42-46)50-26-10-8-24-48(50)52-28-13-17-33-61(52)69(62)44-21-5-2-6-22-44)45-35-37-59-55(41-45)49-25-9-7-23-47(49)51-27-11-15-31-57(51)67(59)58-32-16-12-29-53(58)65-60(67)38-40-64-66(65)54-30-14-18-34-63(54)70-64/h1-42H. The Morgan fingerprint density at radius 1 is 0.314 bits per heavy atom. The van der Waals surface area contributed by atoms with Crippen molar-refractivity contribution in [1.82, 2.24) is 0 Å². The molecule has 0 N–H and O–H groups in total. The number of fused-ring (bicyclic) bond motifs is 21. The van der Waals surface area contributed by atoms with Crippen molar-refractivity contribution in [2.45, 2.75) is 5.41 Å². The van der Waals surface area contributed by atoms with Crippen LogP contribution in [0.3, 0.4) is 0 Å². The highest BCUT2D eigenvalue weighted by atomic mass is 16.3. The molecule has 0 saturated carbocycles. The SMILES string of the molecule is c1ccc(N(c2ccc3c(c2)-c2ccccc2-c2ccccc2N3c2ccccc2)c2ccc3c(c2)-c2ccccc2-c2ccccc2C32c3ccccc3-c3c2ccc2oc4ccccc4c32)cc1. The van der Waals surface area contributed by atoms with Crippen LogP contribution in [0.4, 0.5) is 34.1 Å². The van der Waals surface area contributed by atoms with Crippen LogP contribution in [0.25, 0.3) is 77.6 Å². The fraction of sp³-hybridized carbons (Fsp3) is 0.0149. The maximum Gasteiger partial charge on any atom is 0.136 e. The summed E-state index contributed by atoms with van der Waals surface area (Å²) in [7, 11) is 0. The zero-order chi connectivity index (χ0) is 45.9. The second-order valence-corrected chi connectivity index (χ2v) is 18.7. The minimum Gasteiger partial charge on any atom is -0.456 e. The van der Waals surface area contributed by atoms with Gasteiger partial charge in [-0.2, -0.15) is 0 Å². The molecule has 0 saturated heterocycles. The Morgan fingerprint density at radius 2 is 0.814 bits per heavy atom. The number of nitrogens with zero attached hydrogens (tertiary/aromatic N) is 2. The molecule has 1 unspecified atom stereocenters. The summed E-state index contributed by atoms with van der Waals surface area (Å²) in [6.45, 7) is 0. The van der Waals surface area contributed by atoms with E-state index in [9.17, 15) is 0 Å². The third-order valence-electron chi connectivity index (χ3n) is 15.2. The topological polar surface area (TPSA) is 19.6 Å². The van der Waals surface area contributed by atoms with Crippen LogP contribution >= 0.6 is 0 Å². The Hall–Kier alpha value is -9.18. The van der Waals surface area contributed by atoms with Crippen molar-refractivity contribution in [2.75, 3.05) is 9.80 Å². The first-order chi connectivity index (χ1) is 34.8. The number of anilines is 6. The first-order valence-electron chi connectivity index (χ1n) is 24.2. The van der Waals surface area contributed by atoms with Crippen molar-refractivity contribution < 1.29 is 4.42 Å². The van der Waals surface area contributed by atoms with Gasteiger partial charge >= 0.3 is 0 Å². The molecule has 1 atom stereocenters. The Morgan fingerprint density at radius 3 is 1.57 bits per heavy atom. The van der Waals surface area contributed by atoms with Gasteiger partial charge in [-0.05, 0) is 140 Å². The summed E-state index contributed by atoms with van der Waals surface area (Å²) < 4.78 is 6.61. The summed E-state index contributed by atoms with van der Waals surface area (Å²) in [5.41, 5.74) is 25.1. The Bertz CT molecular complexity index is 4090. The van der Waals surface area contributed by atoms with Gasteiger partial charge < -0.3 is 14.2 Å². The Kier molecular flexibility index (Phi) is 8.28. The van der Waals surface area contributed by atoms with Crippen molar-refractivity contribution in [3.63, 3.8) is 0 Å². The molecule has 326 valence electrons. The molecule has 0 radical (unpaired) electrons. The van der Waals surface area contributed by atoms with E-state index in [0.717, 1.165) is 50.7 Å². The second-order valence-electron chi connectivity index (χ2n) is 18.7. The molecule has 70 heavy (non-hydrogen) atoms. The van der Waals surface area contributed by atoms with E-state index in [1.165, 1.54) is 83.3 Å². The van der Waals surface area contributed by atoms with Crippen LogP contribution in [0.1, 0.15) is 22.3 Å². The molecule has 0 bridgehead atoms. The number of para-hydroxylation sites is 4. The summed E-state index contributed by atoms with van der Waals surface area (Å²) >= 11 is 0. The lowest BCUT2D eigenvalue weighted by atomic mass is 9.66. The van der Waals surface area contributed by atoms with E-state index in [1.54, 1.807) is 0 Å². The molecular weight excluding hydrogens is 849 g/mol. The minimum atomic E-state index is -0.650. The predicted molar refractivity (Wildman–Crippen MR) is 289 cm³/mol. The van der Waals surface area contributed by atoms with Gasteiger partial charge in [0.25, 0.3) is 0 Å². The van der Waals surface area contributed by atoms with Crippen LogP contribution in [0.2, 0.25) is 0 Å². The average molecular weight is 891 g/mol. The van der Waals surface area contributed by atoms with E-state index in [1.807, 2.05) is 0 Å². The maximum atomic E-state index is 6.61. The van der Waals surface area contributed by atoms with Crippen LogP contribution < -0.4 is 9.80 Å². The van der Waals surface area contributed by atoms with Crippen molar-refractivity contribution in [3.05, 3.63) is 277 Å². The van der Waals surface area contributed by atoms with Gasteiger partial charge in [-0.15, -0.1) is 0 Å². The van der Waals surface area contributed by atoms with Crippen molar-refractivity contribution in [2.24, 2.45) is 0 Å². The molecule has 3 nitrogen and oxygen atoms in total. The van der Waals surface area contributed by atoms with E-state index < -0.39 is 5.41 Å². The maximum absolute atomic E-state index is 6.61. The van der Waals surface area contributed by atoms with Gasteiger partial charge in [0.05, 0.1) is 16.8 Å². The van der Waals surface area contributed by atoms with Crippen LogP contribution in [-0.2, 0) is 5.41 Å². The molecule has 0 fully saturated rings. The van der Waals surface area contributed by atoms with Gasteiger partial charge in [0.15, 0.2) is 0 Å². The summed E-state index contributed by atoms with van der Waals surface area (Å²) in [6.07, 6.45) is 0. The highest BCUT2D eigenvalue weighted by molar-refractivity contribution is 6.16. The van der Waals surface area contributed by atoms with Crippen molar-refractivity contribution in [1.29, 1.82) is 0 Å². The van der Waals surface area contributed by atoms with E-state index in [4.69, 9.17) is 4.42 Å². The lowest BCUT2D eigenvalue weighted by molar-refractivity contribution is 0.668. The van der Waals surface area contributed by atoms with Crippen molar-refractivity contribution >= 4 is 56.1 Å². The third-order valence-corrected chi connectivity index (χ3v) is 15.2. The van der Waals surface area contributed by atoms with Crippen LogP contribution in [0, 0.1) is 0 Å². The summed E-state index contributed by atoms with van der Waals surface area (Å²) in [5.74, 6) is 0. The molecule has 2 aliphatic carbocycles. The molecule has 1 spiro atoms. The lowest BCUT2D eigenvalue weighted by Gasteiger charge is -2.36. The number of hydrogen-bond acceptors (Lipinski definition) is 3. The second kappa shape index (κ2) is 14.9. The van der Waals surface area contributed by atoms with Gasteiger partial charge in [-0.25, -0.2) is 0 Å². The molecule has 3 heteroatoms. The van der Waals surface area contributed by atoms with Gasteiger partial charge in [0.1, 0.15) is 11.2 Å². The molecule has 12 aromatic rings. The lowest BCUT2D eigenvalue weighted by Crippen LogP contribution is -2.29. The third kappa shape index (κ3) is 5.34. The van der Waals surface area contributed by atoms with E-state index in [0.29, 0.717) is 0 Å². The first kappa shape index (κ1) is 38.9.